The molecule has 1 atom stereocenters. The quantitative estimate of drug-likeness (QED) is 0.544. The van der Waals surface area contributed by atoms with Crippen LogP contribution in [0.15, 0.2) is 72.8 Å². The largest absolute Gasteiger partial charge is 0.444 e. The van der Waals surface area contributed by atoms with Gasteiger partial charge >= 0.3 is 5.97 Å². The number of anilines is 1. The Morgan fingerprint density at radius 1 is 0.893 bits per heavy atom. The van der Waals surface area contributed by atoms with Gasteiger partial charge in [0.2, 0.25) is 6.10 Å². The van der Waals surface area contributed by atoms with Gasteiger partial charge < -0.3 is 10.1 Å². The Hall–Kier alpha value is -2.89. The number of halogens is 3. The van der Waals surface area contributed by atoms with Gasteiger partial charge in [0.1, 0.15) is 5.82 Å². The summed E-state index contributed by atoms with van der Waals surface area (Å²) in [6, 6.07) is 18.3. The highest BCUT2D eigenvalue weighted by molar-refractivity contribution is 6.35. The van der Waals surface area contributed by atoms with E-state index in [1.54, 1.807) is 30.3 Å². The lowest BCUT2D eigenvalue weighted by molar-refractivity contribution is -0.125. The maximum absolute atomic E-state index is 13.9. The number of carbonyl (C=O) groups excluding carboxylic acids is 2. The lowest BCUT2D eigenvalue weighted by Gasteiger charge is -2.18. The molecular formula is C21H14Cl2FNO3. The zero-order chi connectivity index (χ0) is 20.1. The number of esters is 1. The summed E-state index contributed by atoms with van der Waals surface area (Å²) < 4.78 is 19.2. The second-order valence-electron chi connectivity index (χ2n) is 5.82. The second-order valence-corrected chi connectivity index (χ2v) is 6.70. The maximum atomic E-state index is 13.9. The van der Waals surface area contributed by atoms with Crippen molar-refractivity contribution in [2.24, 2.45) is 0 Å². The highest BCUT2D eigenvalue weighted by Crippen LogP contribution is 2.26. The van der Waals surface area contributed by atoms with Crippen LogP contribution in [0.4, 0.5) is 10.1 Å². The SMILES string of the molecule is O=C(O[C@H](C(=O)Nc1cc(Cl)cc(Cl)c1)c1ccccc1)c1ccccc1F. The van der Waals surface area contributed by atoms with Crippen LogP contribution in [0.3, 0.4) is 0 Å². The molecule has 3 aromatic rings. The van der Waals surface area contributed by atoms with Crippen molar-refractivity contribution >= 4 is 40.8 Å². The Morgan fingerprint density at radius 3 is 2.14 bits per heavy atom. The molecule has 0 saturated carbocycles. The summed E-state index contributed by atoms with van der Waals surface area (Å²) >= 11 is 11.9. The van der Waals surface area contributed by atoms with Gasteiger partial charge in [0.25, 0.3) is 5.91 Å². The number of rotatable bonds is 5. The molecule has 0 bridgehead atoms. The second kappa shape index (κ2) is 8.87. The zero-order valence-corrected chi connectivity index (χ0v) is 15.9. The molecule has 28 heavy (non-hydrogen) atoms. The number of nitrogens with one attached hydrogen (secondary N) is 1. The van der Waals surface area contributed by atoms with E-state index < -0.39 is 23.8 Å². The Morgan fingerprint density at radius 2 is 1.50 bits per heavy atom. The van der Waals surface area contributed by atoms with Gasteiger partial charge in [0, 0.05) is 21.3 Å². The van der Waals surface area contributed by atoms with Gasteiger partial charge in [-0.3, -0.25) is 4.79 Å². The van der Waals surface area contributed by atoms with Crippen LogP contribution in [-0.2, 0) is 9.53 Å². The average Bonchev–Trinajstić information content (AvgIpc) is 2.66. The van der Waals surface area contributed by atoms with Gasteiger partial charge in [0.05, 0.1) is 5.56 Å². The molecule has 0 aliphatic rings. The van der Waals surface area contributed by atoms with E-state index in [1.807, 2.05) is 0 Å². The summed E-state index contributed by atoms with van der Waals surface area (Å²) in [5.41, 5.74) is 0.505. The molecule has 4 nitrogen and oxygen atoms in total. The summed E-state index contributed by atoms with van der Waals surface area (Å²) in [6.45, 7) is 0. The fourth-order valence-corrected chi connectivity index (χ4v) is 3.06. The minimum Gasteiger partial charge on any atom is -0.444 e. The van der Waals surface area contributed by atoms with Crippen LogP contribution >= 0.6 is 23.2 Å². The van der Waals surface area contributed by atoms with Crippen molar-refractivity contribution in [2.45, 2.75) is 6.10 Å². The summed E-state index contributed by atoms with van der Waals surface area (Å²) in [5.74, 6) is -2.32. The molecule has 7 heteroatoms. The number of hydrogen-bond donors (Lipinski definition) is 1. The van der Waals surface area contributed by atoms with E-state index in [4.69, 9.17) is 27.9 Å². The van der Waals surface area contributed by atoms with Crippen LogP contribution in [0, 0.1) is 5.82 Å². The van der Waals surface area contributed by atoms with Crippen LogP contribution in [0.25, 0.3) is 0 Å². The first kappa shape index (κ1) is 19.9. The van der Waals surface area contributed by atoms with E-state index in [9.17, 15) is 14.0 Å². The van der Waals surface area contributed by atoms with Gasteiger partial charge in [-0.05, 0) is 30.3 Å². The number of amides is 1. The van der Waals surface area contributed by atoms with Gasteiger partial charge in [-0.15, -0.1) is 0 Å². The number of hydrogen-bond acceptors (Lipinski definition) is 3. The maximum Gasteiger partial charge on any atom is 0.342 e. The fraction of sp³-hybridized carbons (Fsp3) is 0.0476. The topological polar surface area (TPSA) is 55.4 Å². The first-order valence-electron chi connectivity index (χ1n) is 8.21. The third-order valence-electron chi connectivity index (χ3n) is 3.79. The normalized spacial score (nSPS) is 11.5. The Balaban J connectivity index is 1.88. The average molecular weight is 418 g/mol. The zero-order valence-electron chi connectivity index (χ0n) is 14.4. The van der Waals surface area contributed by atoms with Crippen molar-refractivity contribution in [1.82, 2.24) is 0 Å². The van der Waals surface area contributed by atoms with Gasteiger partial charge in [-0.2, -0.15) is 0 Å². The van der Waals surface area contributed by atoms with E-state index in [-0.39, 0.29) is 5.56 Å². The molecule has 0 fully saturated rings. The lowest BCUT2D eigenvalue weighted by atomic mass is 10.1. The van der Waals surface area contributed by atoms with Crippen molar-refractivity contribution < 1.29 is 18.7 Å². The summed E-state index contributed by atoms with van der Waals surface area (Å²) in [6.07, 6.45) is -1.30. The van der Waals surface area contributed by atoms with E-state index in [0.717, 1.165) is 6.07 Å². The highest BCUT2D eigenvalue weighted by atomic mass is 35.5. The van der Waals surface area contributed by atoms with Crippen molar-refractivity contribution in [3.8, 4) is 0 Å². The standard InChI is InChI=1S/C21H14Cl2FNO3/c22-14-10-15(23)12-16(11-14)25-20(26)19(13-6-2-1-3-7-13)28-21(27)17-8-4-5-9-18(17)24/h1-12,19H,(H,25,26)/t19-/m0/s1. The number of ether oxygens (including phenoxy) is 1. The van der Waals surface area contributed by atoms with Crippen molar-refractivity contribution in [3.63, 3.8) is 0 Å². The minimum absolute atomic E-state index is 0.262. The number of carbonyl (C=O) groups is 2. The van der Waals surface area contributed by atoms with Crippen LogP contribution in [-0.4, -0.2) is 11.9 Å². The predicted molar refractivity (Wildman–Crippen MR) is 106 cm³/mol. The van der Waals surface area contributed by atoms with Gasteiger partial charge in [-0.25, -0.2) is 9.18 Å². The molecule has 0 aromatic heterocycles. The molecule has 3 rings (SSSR count). The van der Waals surface area contributed by atoms with E-state index >= 15 is 0 Å². The molecule has 0 radical (unpaired) electrons. The first-order valence-corrected chi connectivity index (χ1v) is 8.97. The monoisotopic (exact) mass is 417 g/mol. The number of benzene rings is 3. The van der Waals surface area contributed by atoms with Gasteiger partial charge in [-0.1, -0.05) is 65.7 Å². The fourth-order valence-electron chi connectivity index (χ4n) is 2.53. The molecule has 0 heterocycles. The van der Waals surface area contributed by atoms with Crippen LogP contribution < -0.4 is 5.32 Å². The highest BCUT2D eigenvalue weighted by Gasteiger charge is 2.27. The smallest absolute Gasteiger partial charge is 0.342 e. The predicted octanol–water partition coefficient (Wildman–Crippen LogP) is 5.67. The summed E-state index contributed by atoms with van der Waals surface area (Å²) in [4.78, 5) is 25.2. The molecule has 1 N–H and O–H groups in total. The molecule has 1 amide bonds. The van der Waals surface area contributed by atoms with Crippen LogP contribution in [0.1, 0.15) is 22.0 Å². The molecule has 0 spiro atoms. The van der Waals surface area contributed by atoms with E-state index in [2.05, 4.69) is 5.32 Å². The van der Waals surface area contributed by atoms with Crippen LogP contribution in [0.2, 0.25) is 10.0 Å². The molecule has 142 valence electrons. The molecule has 0 aliphatic carbocycles. The third-order valence-corrected chi connectivity index (χ3v) is 4.23. The Bertz CT molecular complexity index is 991. The van der Waals surface area contributed by atoms with E-state index in [1.165, 1.54) is 36.4 Å². The van der Waals surface area contributed by atoms with Crippen molar-refractivity contribution in [2.75, 3.05) is 5.32 Å². The molecule has 3 aromatic carbocycles. The third kappa shape index (κ3) is 4.88. The molecule has 0 aliphatic heterocycles. The first-order chi connectivity index (χ1) is 13.4. The molecule has 0 unspecified atom stereocenters. The van der Waals surface area contributed by atoms with Gasteiger partial charge in [0.15, 0.2) is 0 Å². The minimum atomic E-state index is -1.30. The van der Waals surface area contributed by atoms with Crippen molar-refractivity contribution in [3.05, 3.63) is 99.8 Å². The molecule has 0 saturated heterocycles. The van der Waals surface area contributed by atoms with Crippen molar-refractivity contribution in [1.29, 1.82) is 0 Å². The van der Waals surface area contributed by atoms with E-state index in [0.29, 0.717) is 21.3 Å². The van der Waals surface area contributed by atoms with Crippen LogP contribution in [0.5, 0.6) is 0 Å². The Kier molecular flexibility index (Phi) is 6.29. The summed E-state index contributed by atoms with van der Waals surface area (Å²) in [5, 5.41) is 3.29. The lowest BCUT2D eigenvalue weighted by Crippen LogP contribution is -2.26. The molecular weight excluding hydrogens is 404 g/mol. The summed E-state index contributed by atoms with van der Waals surface area (Å²) in [7, 11) is 0. The Labute approximate surface area is 170 Å².